The van der Waals surface area contributed by atoms with Crippen molar-refractivity contribution in [2.75, 3.05) is 20.1 Å². The Bertz CT molecular complexity index is 789. The van der Waals surface area contributed by atoms with Crippen LogP contribution in [0.1, 0.15) is 23.2 Å². The van der Waals surface area contributed by atoms with E-state index in [-0.39, 0.29) is 36.1 Å². The number of nitrogens with one attached hydrogen (secondary N) is 1. The predicted molar refractivity (Wildman–Crippen MR) is 114 cm³/mol. The van der Waals surface area contributed by atoms with Crippen LogP contribution < -0.4 is 5.32 Å². The minimum absolute atomic E-state index is 0. The van der Waals surface area contributed by atoms with E-state index in [2.05, 4.69) is 32.4 Å². The highest BCUT2D eigenvalue weighted by Crippen LogP contribution is 2.30. The van der Waals surface area contributed by atoms with Gasteiger partial charge in [-0.1, -0.05) is 30.3 Å². The van der Waals surface area contributed by atoms with E-state index in [0.717, 1.165) is 25.9 Å². The van der Waals surface area contributed by atoms with Gasteiger partial charge in [0, 0.05) is 45.5 Å². The number of nitrogens with zero attached hydrogens (tertiary/aromatic N) is 4. The van der Waals surface area contributed by atoms with Gasteiger partial charge in [0.05, 0.1) is 0 Å². The highest BCUT2D eigenvalue weighted by molar-refractivity contribution is 14.0. The van der Waals surface area contributed by atoms with Gasteiger partial charge >= 0.3 is 6.18 Å². The average molecular weight is 507 g/mol. The lowest BCUT2D eigenvalue weighted by Crippen LogP contribution is -2.40. The summed E-state index contributed by atoms with van der Waals surface area (Å²) in [5.74, 6) is 1.14. The molecule has 1 fully saturated rings. The van der Waals surface area contributed by atoms with Gasteiger partial charge < -0.3 is 10.2 Å². The zero-order valence-corrected chi connectivity index (χ0v) is 18.2. The number of aryl methyl sites for hydroxylation is 1. The Balaban J connectivity index is 0.00000280. The Labute approximate surface area is 180 Å². The number of benzene rings is 1. The van der Waals surface area contributed by atoms with Gasteiger partial charge in [0.2, 0.25) is 0 Å². The molecule has 1 aliphatic rings. The molecule has 1 aromatic carbocycles. The second-order valence-electron chi connectivity index (χ2n) is 6.87. The Morgan fingerprint density at radius 3 is 2.64 bits per heavy atom. The summed E-state index contributed by atoms with van der Waals surface area (Å²) in [5, 5.41) is 6.60. The Kier molecular flexibility index (Phi) is 7.73. The Morgan fingerprint density at radius 1 is 1.29 bits per heavy atom. The number of guanidine groups is 1. The first-order chi connectivity index (χ1) is 12.9. The zero-order chi connectivity index (χ0) is 19.4. The molecular weight excluding hydrogens is 482 g/mol. The topological polar surface area (TPSA) is 45.5 Å². The molecule has 0 saturated carbocycles. The minimum Gasteiger partial charge on any atom is -0.352 e. The Morgan fingerprint density at radius 2 is 2.00 bits per heavy atom. The molecule has 5 nitrogen and oxygen atoms in total. The predicted octanol–water partition coefficient (Wildman–Crippen LogP) is 3.70. The summed E-state index contributed by atoms with van der Waals surface area (Å²) in [7, 11) is 3.14. The molecule has 1 aromatic heterocycles. The lowest BCUT2D eigenvalue weighted by molar-refractivity contribution is -0.142. The van der Waals surface area contributed by atoms with Crippen molar-refractivity contribution in [2.24, 2.45) is 18.0 Å². The van der Waals surface area contributed by atoms with E-state index in [9.17, 15) is 13.2 Å². The van der Waals surface area contributed by atoms with Crippen LogP contribution in [0.2, 0.25) is 0 Å². The molecule has 0 spiro atoms. The maximum absolute atomic E-state index is 13.1. The first kappa shape index (κ1) is 22.5. The van der Waals surface area contributed by atoms with Gasteiger partial charge in [-0.05, 0) is 24.3 Å². The van der Waals surface area contributed by atoms with Crippen LogP contribution in [0.25, 0.3) is 0 Å². The van der Waals surface area contributed by atoms with E-state index in [1.807, 2.05) is 18.2 Å². The average Bonchev–Trinajstić information content (AvgIpc) is 3.23. The third kappa shape index (κ3) is 5.62. The number of aromatic nitrogens is 2. The van der Waals surface area contributed by atoms with Crippen LogP contribution in [0.3, 0.4) is 0 Å². The van der Waals surface area contributed by atoms with Gasteiger partial charge in [-0.25, -0.2) is 0 Å². The largest absolute Gasteiger partial charge is 0.435 e. The summed E-state index contributed by atoms with van der Waals surface area (Å²) in [6, 6.07) is 10.3. The summed E-state index contributed by atoms with van der Waals surface area (Å²) in [4.78, 5) is 6.36. The first-order valence-corrected chi connectivity index (χ1v) is 8.96. The van der Waals surface area contributed by atoms with Crippen molar-refractivity contribution in [3.05, 3.63) is 53.3 Å². The molecule has 1 unspecified atom stereocenters. The zero-order valence-electron chi connectivity index (χ0n) is 15.9. The summed E-state index contributed by atoms with van der Waals surface area (Å²) in [5.41, 5.74) is 0.569. The molecule has 154 valence electrons. The molecule has 1 N–H and O–H groups in total. The van der Waals surface area contributed by atoms with Crippen molar-refractivity contribution >= 4 is 29.9 Å². The van der Waals surface area contributed by atoms with Crippen molar-refractivity contribution in [1.29, 1.82) is 0 Å². The summed E-state index contributed by atoms with van der Waals surface area (Å²) < 4.78 is 40.4. The molecule has 1 atom stereocenters. The van der Waals surface area contributed by atoms with E-state index >= 15 is 0 Å². The lowest BCUT2D eigenvalue weighted by atomic mass is 9.99. The highest BCUT2D eigenvalue weighted by Gasteiger charge is 2.37. The fourth-order valence-corrected chi connectivity index (χ4v) is 3.55. The number of hydrogen-bond donors (Lipinski definition) is 1. The number of likely N-dealkylation sites (tertiary alicyclic amines) is 1. The molecule has 0 aliphatic carbocycles. The SMILES string of the molecule is CN=C(NCc1cn(C)nc1C(F)(F)F)N1CCC(Cc2ccccc2)C1.I. The number of alkyl halides is 3. The van der Waals surface area contributed by atoms with Gasteiger partial charge in [-0.3, -0.25) is 9.67 Å². The van der Waals surface area contributed by atoms with E-state index in [1.54, 1.807) is 7.05 Å². The first-order valence-electron chi connectivity index (χ1n) is 8.96. The van der Waals surface area contributed by atoms with Crippen LogP contribution in [-0.4, -0.2) is 40.8 Å². The fourth-order valence-electron chi connectivity index (χ4n) is 3.55. The Hall–Kier alpha value is -1.78. The van der Waals surface area contributed by atoms with Crippen LogP contribution in [0, 0.1) is 5.92 Å². The summed E-state index contributed by atoms with van der Waals surface area (Å²) in [6.07, 6.45) is -1.03. The van der Waals surface area contributed by atoms with Crippen LogP contribution >= 0.6 is 24.0 Å². The molecule has 0 bridgehead atoms. The van der Waals surface area contributed by atoms with Crippen molar-refractivity contribution < 1.29 is 13.2 Å². The van der Waals surface area contributed by atoms with Crippen LogP contribution in [-0.2, 0) is 26.2 Å². The number of hydrogen-bond acceptors (Lipinski definition) is 2. The molecule has 3 rings (SSSR count). The summed E-state index contributed by atoms with van der Waals surface area (Å²) in [6.45, 7) is 1.72. The van der Waals surface area contributed by atoms with Crippen LogP contribution in [0.5, 0.6) is 0 Å². The molecule has 28 heavy (non-hydrogen) atoms. The second-order valence-corrected chi connectivity index (χ2v) is 6.87. The molecule has 9 heteroatoms. The maximum atomic E-state index is 13.1. The number of rotatable bonds is 4. The smallest absolute Gasteiger partial charge is 0.352 e. The molecule has 2 aromatic rings. The number of aliphatic imine (C=N–C) groups is 1. The number of halogens is 4. The molecule has 0 amide bonds. The van der Waals surface area contributed by atoms with Gasteiger partial charge in [0.15, 0.2) is 11.7 Å². The maximum Gasteiger partial charge on any atom is 0.435 e. The normalized spacial score (nSPS) is 17.5. The van der Waals surface area contributed by atoms with Crippen molar-refractivity contribution in [2.45, 2.75) is 25.6 Å². The minimum atomic E-state index is -4.46. The van der Waals surface area contributed by atoms with Crippen molar-refractivity contribution in [1.82, 2.24) is 20.0 Å². The van der Waals surface area contributed by atoms with Crippen LogP contribution in [0.4, 0.5) is 13.2 Å². The van der Waals surface area contributed by atoms with Gasteiger partial charge in [0.25, 0.3) is 0 Å². The van der Waals surface area contributed by atoms with E-state index in [0.29, 0.717) is 11.9 Å². The molecular formula is C19H25F3IN5. The standard InChI is InChI=1S/C19H24F3N5.HI/c1-23-18(24-11-16-13-26(2)25-17(16)19(20,21)22)27-9-8-15(12-27)10-14-6-4-3-5-7-14;/h3-7,13,15H,8-12H2,1-2H3,(H,23,24);1H. The highest BCUT2D eigenvalue weighted by atomic mass is 127. The quantitative estimate of drug-likeness (QED) is 0.390. The third-order valence-electron chi connectivity index (χ3n) is 4.77. The van der Waals surface area contributed by atoms with Crippen molar-refractivity contribution in [3.63, 3.8) is 0 Å². The molecule has 0 radical (unpaired) electrons. The van der Waals surface area contributed by atoms with Crippen molar-refractivity contribution in [3.8, 4) is 0 Å². The molecule has 1 saturated heterocycles. The monoisotopic (exact) mass is 507 g/mol. The summed E-state index contributed by atoms with van der Waals surface area (Å²) >= 11 is 0. The molecule has 2 heterocycles. The van der Waals surface area contributed by atoms with Gasteiger partial charge in [0.1, 0.15) is 0 Å². The van der Waals surface area contributed by atoms with Gasteiger partial charge in [-0.2, -0.15) is 18.3 Å². The second kappa shape index (κ2) is 9.62. The fraction of sp³-hybridized carbons (Fsp3) is 0.474. The van der Waals surface area contributed by atoms with Gasteiger partial charge in [-0.15, -0.1) is 24.0 Å². The van der Waals surface area contributed by atoms with E-state index < -0.39 is 11.9 Å². The third-order valence-corrected chi connectivity index (χ3v) is 4.77. The van der Waals surface area contributed by atoms with E-state index in [4.69, 9.17) is 0 Å². The van der Waals surface area contributed by atoms with E-state index in [1.165, 1.54) is 23.5 Å². The van der Waals surface area contributed by atoms with Crippen LogP contribution in [0.15, 0.2) is 41.5 Å². The lowest BCUT2D eigenvalue weighted by Gasteiger charge is -2.22. The molecule has 1 aliphatic heterocycles.